The van der Waals surface area contributed by atoms with E-state index < -0.39 is 0 Å². The molecule has 0 amide bonds. The summed E-state index contributed by atoms with van der Waals surface area (Å²) in [5.74, 6) is 3.17. The summed E-state index contributed by atoms with van der Waals surface area (Å²) in [5.41, 5.74) is 1.27. The Bertz CT molecular complexity index is 432. The zero-order valence-electron chi connectivity index (χ0n) is 9.88. The molecule has 2 saturated heterocycles. The maximum Gasteiger partial charge on any atom is 0.132 e. The molecule has 0 unspecified atom stereocenters. The molecular weight excluding hydrogens is 230 g/mol. The number of anilines is 1. The second-order valence-electron chi connectivity index (χ2n) is 5.43. The Labute approximate surface area is 106 Å². The summed E-state index contributed by atoms with van der Waals surface area (Å²) in [6.07, 6.45) is 7.13. The van der Waals surface area contributed by atoms with Crippen LogP contribution in [-0.4, -0.2) is 33.6 Å². The molecule has 3 fully saturated rings. The number of thioether (sulfide) groups is 1. The third-order valence-electron chi connectivity index (χ3n) is 4.39. The van der Waals surface area contributed by atoms with Crippen molar-refractivity contribution in [3.05, 3.63) is 18.1 Å². The van der Waals surface area contributed by atoms with Gasteiger partial charge in [-0.05, 0) is 19.3 Å². The highest BCUT2D eigenvalue weighted by Gasteiger charge is 2.39. The van der Waals surface area contributed by atoms with E-state index >= 15 is 0 Å². The minimum Gasteiger partial charge on any atom is -0.352 e. The first kappa shape index (κ1) is 10.2. The van der Waals surface area contributed by atoms with Gasteiger partial charge in [-0.25, -0.2) is 9.97 Å². The predicted octanol–water partition coefficient (Wildman–Crippen LogP) is 2.44. The molecule has 3 aliphatic rings. The highest BCUT2D eigenvalue weighted by molar-refractivity contribution is 8.00. The summed E-state index contributed by atoms with van der Waals surface area (Å²) < 4.78 is 0. The molecule has 17 heavy (non-hydrogen) atoms. The number of rotatable bonds is 2. The summed E-state index contributed by atoms with van der Waals surface area (Å²) >= 11 is 2.13. The van der Waals surface area contributed by atoms with E-state index in [1.807, 2.05) is 0 Å². The van der Waals surface area contributed by atoms with E-state index in [1.54, 1.807) is 6.33 Å². The zero-order chi connectivity index (χ0) is 11.2. The number of hydrogen-bond acceptors (Lipinski definition) is 4. The topological polar surface area (TPSA) is 29.0 Å². The van der Waals surface area contributed by atoms with Crippen molar-refractivity contribution >= 4 is 17.6 Å². The normalized spacial score (nSPS) is 31.9. The molecule has 0 radical (unpaired) electrons. The van der Waals surface area contributed by atoms with Gasteiger partial charge in [0, 0.05) is 41.3 Å². The number of nitrogens with zero attached hydrogens (tertiary/aromatic N) is 3. The van der Waals surface area contributed by atoms with Crippen LogP contribution < -0.4 is 4.90 Å². The van der Waals surface area contributed by atoms with Crippen molar-refractivity contribution in [2.75, 3.05) is 17.2 Å². The van der Waals surface area contributed by atoms with Gasteiger partial charge >= 0.3 is 0 Å². The average molecular weight is 247 g/mol. The van der Waals surface area contributed by atoms with E-state index in [0.717, 1.165) is 11.3 Å². The summed E-state index contributed by atoms with van der Waals surface area (Å²) in [7, 11) is 0. The number of aromatic nitrogens is 2. The molecule has 4 rings (SSSR count). The molecule has 4 heteroatoms. The molecule has 1 aliphatic carbocycles. The van der Waals surface area contributed by atoms with Gasteiger partial charge in [0.25, 0.3) is 0 Å². The zero-order valence-corrected chi connectivity index (χ0v) is 10.7. The fourth-order valence-corrected chi connectivity index (χ4v) is 4.56. The Kier molecular flexibility index (Phi) is 2.32. The van der Waals surface area contributed by atoms with Gasteiger partial charge < -0.3 is 4.90 Å². The van der Waals surface area contributed by atoms with Gasteiger partial charge in [-0.3, -0.25) is 0 Å². The van der Waals surface area contributed by atoms with Crippen LogP contribution in [0.5, 0.6) is 0 Å². The molecule has 2 bridgehead atoms. The molecule has 2 atom stereocenters. The van der Waals surface area contributed by atoms with Crippen LogP contribution in [0.3, 0.4) is 0 Å². The van der Waals surface area contributed by atoms with Crippen molar-refractivity contribution in [1.82, 2.24) is 9.97 Å². The quantitative estimate of drug-likeness (QED) is 0.802. The highest BCUT2D eigenvalue weighted by atomic mass is 32.2. The Hall–Kier alpha value is -0.770. The lowest BCUT2D eigenvalue weighted by Gasteiger charge is -2.29. The van der Waals surface area contributed by atoms with Gasteiger partial charge in [0.1, 0.15) is 12.1 Å². The SMILES string of the molecule is c1nc(C2CCC2)cc(N2C[C@H]3C[C@H]2CS3)n1. The van der Waals surface area contributed by atoms with Gasteiger partial charge in [-0.1, -0.05) is 6.42 Å². The van der Waals surface area contributed by atoms with E-state index in [4.69, 9.17) is 0 Å². The fourth-order valence-electron chi connectivity index (χ4n) is 3.13. The minimum atomic E-state index is 0.714. The molecule has 1 saturated carbocycles. The van der Waals surface area contributed by atoms with Crippen molar-refractivity contribution in [3.63, 3.8) is 0 Å². The van der Waals surface area contributed by atoms with Crippen molar-refractivity contribution in [2.24, 2.45) is 0 Å². The first-order valence-electron chi connectivity index (χ1n) is 6.60. The van der Waals surface area contributed by atoms with Crippen LogP contribution in [0, 0.1) is 0 Å². The molecule has 90 valence electrons. The van der Waals surface area contributed by atoms with Crippen LogP contribution in [0.15, 0.2) is 12.4 Å². The number of hydrogen-bond donors (Lipinski definition) is 0. The molecule has 0 N–H and O–H groups in total. The van der Waals surface area contributed by atoms with Crippen LogP contribution in [0.1, 0.15) is 37.3 Å². The first-order chi connectivity index (χ1) is 8.40. The lowest BCUT2D eigenvalue weighted by Crippen LogP contribution is -2.34. The molecular formula is C13H17N3S. The van der Waals surface area contributed by atoms with Crippen LogP contribution in [-0.2, 0) is 0 Å². The largest absolute Gasteiger partial charge is 0.352 e. The smallest absolute Gasteiger partial charge is 0.132 e. The van der Waals surface area contributed by atoms with Crippen LogP contribution in [0.2, 0.25) is 0 Å². The summed E-state index contributed by atoms with van der Waals surface area (Å²) in [6, 6.07) is 2.98. The summed E-state index contributed by atoms with van der Waals surface area (Å²) in [4.78, 5) is 11.4. The lowest BCUT2D eigenvalue weighted by atomic mass is 9.83. The molecule has 0 spiro atoms. The van der Waals surface area contributed by atoms with Crippen LogP contribution >= 0.6 is 11.8 Å². The van der Waals surface area contributed by atoms with Gasteiger partial charge in [0.05, 0.1) is 0 Å². The second kappa shape index (κ2) is 3.87. The Balaban J connectivity index is 1.60. The number of fused-ring (bicyclic) bond motifs is 2. The van der Waals surface area contributed by atoms with E-state index in [0.29, 0.717) is 5.92 Å². The Morgan fingerprint density at radius 1 is 1.29 bits per heavy atom. The summed E-state index contributed by atoms with van der Waals surface area (Å²) in [6.45, 7) is 1.19. The van der Waals surface area contributed by atoms with E-state index in [9.17, 15) is 0 Å². The second-order valence-corrected chi connectivity index (χ2v) is 6.76. The Morgan fingerprint density at radius 2 is 2.24 bits per heavy atom. The lowest BCUT2D eigenvalue weighted by molar-refractivity contribution is 0.410. The fraction of sp³-hybridized carbons (Fsp3) is 0.692. The highest BCUT2D eigenvalue weighted by Crippen LogP contribution is 2.41. The molecule has 3 nitrogen and oxygen atoms in total. The van der Waals surface area contributed by atoms with Crippen molar-refractivity contribution in [3.8, 4) is 0 Å². The average Bonchev–Trinajstić information content (AvgIpc) is 2.88. The monoisotopic (exact) mass is 247 g/mol. The molecule has 0 aromatic carbocycles. The van der Waals surface area contributed by atoms with Gasteiger partial charge in [-0.2, -0.15) is 11.8 Å². The van der Waals surface area contributed by atoms with Crippen molar-refractivity contribution in [2.45, 2.75) is 42.9 Å². The van der Waals surface area contributed by atoms with Crippen molar-refractivity contribution < 1.29 is 0 Å². The predicted molar refractivity (Wildman–Crippen MR) is 70.6 cm³/mol. The molecule has 1 aromatic rings. The third kappa shape index (κ3) is 1.65. The standard InChI is InChI=1S/C13H17N3S/c1-2-9(3-1)12-5-13(15-8-14-12)16-6-11-4-10(16)7-17-11/h5,8-11H,1-4,6-7H2/t10-,11+/m0/s1. The summed E-state index contributed by atoms with van der Waals surface area (Å²) in [5, 5.41) is 0.849. The van der Waals surface area contributed by atoms with Gasteiger partial charge in [0.2, 0.25) is 0 Å². The maximum absolute atomic E-state index is 4.49. The molecule has 2 aliphatic heterocycles. The van der Waals surface area contributed by atoms with E-state index in [2.05, 4.69) is 32.7 Å². The van der Waals surface area contributed by atoms with Gasteiger partial charge in [-0.15, -0.1) is 0 Å². The van der Waals surface area contributed by atoms with Gasteiger partial charge in [0.15, 0.2) is 0 Å². The van der Waals surface area contributed by atoms with Crippen LogP contribution in [0.4, 0.5) is 5.82 Å². The third-order valence-corrected chi connectivity index (χ3v) is 5.78. The molecule has 3 heterocycles. The van der Waals surface area contributed by atoms with Crippen molar-refractivity contribution in [1.29, 1.82) is 0 Å². The van der Waals surface area contributed by atoms with Crippen LogP contribution in [0.25, 0.3) is 0 Å². The minimum absolute atomic E-state index is 0.714. The van der Waals surface area contributed by atoms with E-state index in [1.165, 1.54) is 49.5 Å². The maximum atomic E-state index is 4.49. The van der Waals surface area contributed by atoms with E-state index in [-0.39, 0.29) is 0 Å². The Morgan fingerprint density at radius 3 is 2.88 bits per heavy atom. The molecule has 1 aromatic heterocycles. The first-order valence-corrected chi connectivity index (χ1v) is 7.65.